The molecular weight excluding hydrogens is 326 g/mol. The Morgan fingerprint density at radius 1 is 1.22 bits per heavy atom. The predicted molar refractivity (Wildman–Crippen MR) is 86.4 cm³/mol. The van der Waals surface area contributed by atoms with Crippen LogP contribution in [0.4, 0.5) is 5.69 Å². The number of nitrogens with two attached hydrogens (primary N) is 2. The number of aliphatic carboxylic acids is 1. The molecule has 0 heterocycles. The molecule has 0 spiro atoms. The van der Waals surface area contributed by atoms with E-state index < -0.39 is 16.8 Å². The third kappa shape index (κ3) is 7.07. The highest BCUT2D eigenvalue weighted by Gasteiger charge is 2.23. The van der Waals surface area contributed by atoms with Gasteiger partial charge in [-0.3, -0.25) is 19.7 Å². The van der Waals surface area contributed by atoms with E-state index in [2.05, 4.69) is 0 Å². The van der Waals surface area contributed by atoms with Gasteiger partial charge >= 0.3 is 5.97 Å². The Hall–Kier alpha value is -2.19. The minimum absolute atomic E-state index is 0. The summed E-state index contributed by atoms with van der Waals surface area (Å²) in [5, 5.41) is 18.8. The lowest BCUT2D eigenvalue weighted by atomic mass is 9.87. The molecule has 1 aromatic carbocycles. The molecule has 0 aromatic heterocycles. The van der Waals surface area contributed by atoms with Gasteiger partial charge in [0.2, 0.25) is 5.91 Å². The second-order valence-electron chi connectivity index (χ2n) is 5.12. The van der Waals surface area contributed by atoms with Gasteiger partial charge in [-0.15, -0.1) is 12.4 Å². The second kappa shape index (κ2) is 9.75. The first-order valence-electron chi connectivity index (χ1n) is 6.84. The highest BCUT2D eigenvalue weighted by Crippen LogP contribution is 2.22. The molecule has 8 nitrogen and oxygen atoms in total. The third-order valence-corrected chi connectivity index (χ3v) is 3.46. The number of primary amides is 1. The van der Waals surface area contributed by atoms with E-state index in [0.717, 1.165) is 31.7 Å². The normalized spacial score (nSPS) is 19.5. The minimum atomic E-state index is -0.668. The van der Waals surface area contributed by atoms with E-state index in [0.29, 0.717) is 0 Å². The number of nitro benzene ring substituents is 1. The zero-order valence-electron chi connectivity index (χ0n) is 12.4. The zero-order valence-corrected chi connectivity index (χ0v) is 13.2. The first kappa shape index (κ1) is 20.8. The fourth-order valence-electron chi connectivity index (χ4n) is 2.14. The standard InChI is InChI=1S/C7H6N2O3.C7H13NO2.ClH/c8-7(10)5-2-1-3-6(4-5)9(11)12;8-6-3-1-5(2-4-6)7(9)10;/h1-4H,(H2,8,10);5-6H,1-4,8H2,(H,9,10);1H/t;5-,6+;. The number of hydrogen-bond acceptors (Lipinski definition) is 5. The van der Waals surface area contributed by atoms with Crippen molar-refractivity contribution in [1.29, 1.82) is 0 Å². The van der Waals surface area contributed by atoms with E-state index in [4.69, 9.17) is 16.6 Å². The Balaban J connectivity index is 0.000000409. The summed E-state index contributed by atoms with van der Waals surface area (Å²) in [4.78, 5) is 30.6. The van der Waals surface area contributed by atoms with E-state index in [1.54, 1.807) is 0 Å². The molecular formula is C14H20ClN3O5. The molecule has 1 amide bonds. The topological polar surface area (TPSA) is 150 Å². The van der Waals surface area contributed by atoms with E-state index in [-0.39, 0.29) is 35.6 Å². The molecule has 0 saturated heterocycles. The van der Waals surface area contributed by atoms with Crippen molar-refractivity contribution in [1.82, 2.24) is 0 Å². The molecule has 0 aliphatic heterocycles. The van der Waals surface area contributed by atoms with Crippen molar-refractivity contribution >= 4 is 30.0 Å². The second-order valence-corrected chi connectivity index (χ2v) is 5.12. The van der Waals surface area contributed by atoms with E-state index in [1.807, 2.05) is 0 Å². The summed E-state index contributed by atoms with van der Waals surface area (Å²) in [5.41, 5.74) is 10.5. The van der Waals surface area contributed by atoms with Gasteiger partial charge in [0.05, 0.1) is 10.8 Å². The SMILES string of the molecule is Cl.NC(=O)c1cccc([N+](=O)[O-])c1.N[C@H]1CC[C@@H](C(=O)O)CC1. The van der Waals surface area contributed by atoms with Gasteiger partial charge in [0.1, 0.15) is 0 Å². The van der Waals surface area contributed by atoms with Crippen molar-refractivity contribution < 1.29 is 19.6 Å². The molecule has 1 aromatic rings. The number of rotatable bonds is 3. The van der Waals surface area contributed by atoms with Gasteiger partial charge in [-0.2, -0.15) is 0 Å². The summed E-state index contributed by atoms with van der Waals surface area (Å²) in [6, 6.07) is 5.53. The van der Waals surface area contributed by atoms with Crippen LogP contribution in [0.5, 0.6) is 0 Å². The number of carboxylic acids is 1. The Labute approximate surface area is 139 Å². The lowest BCUT2D eigenvalue weighted by Crippen LogP contribution is -2.29. The molecule has 0 unspecified atom stereocenters. The Bertz CT molecular complexity index is 530. The number of nitro groups is 1. The number of hydrogen-bond donors (Lipinski definition) is 3. The molecule has 5 N–H and O–H groups in total. The average molecular weight is 346 g/mol. The van der Waals surface area contributed by atoms with Crippen LogP contribution in [-0.4, -0.2) is 27.9 Å². The molecule has 128 valence electrons. The maximum atomic E-state index is 10.6. The van der Waals surface area contributed by atoms with Gasteiger partial charge in [0.15, 0.2) is 0 Å². The van der Waals surface area contributed by atoms with E-state index >= 15 is 0 Å². The van der Waals surface area contributed by atoms with Gasteiger partial charge in [-0.25, -0.2) is 0 Å². The molecule has 1 fully saturated rings. The van der Waals surface area contributed by atoms with Crippen molar-refractivity contribution in [2.24, 2.45) is 17.4 Å². The highest BCUT2D eigenvalue weighted by atomic mass is 35.5. The van der Waals surface area contributed by atoms with Crippen molar-refractivity contribution in [3.63, 3.8) is 0 Å². The Morgan fingerprint density at radius 3 is 2.22 bits per heavy atom. The van der Waals surface area contributed by atoms with Gasteiger partial charge in [-0.1, -0.05) is 6.07 Å². The molecule has 1 aliphatic rings. The molecule has 23 heavy (non-hydrogen) atoms. The lowest BCUT2D eigenvalue weighted by molar-refractivity contribution is -0.384. The van der Waals surface area contributed by atoms with Gasteiger partial charge in [0.25, 0.3) is 5.69 Å². The first-order valence-corrected chi connectivity index (χ1v) is 6.84. The van der Waals surface area contributed by atoms with E-state index in [9.17, 15) is 19.7 Å². The Kier molecular flexibility index (Phi) is 8.82. The summed E-state index contributed by atoms with van der Waals surface area (Å²) in [5.74, 6) is -1.45. The number of amides is 1. The summed E-state index contributed by atoms with van der Waals surface area (Å²) in [6.45, 7) is 0. The van der Waals surface area contributed by atoms with Crippen LogP contribution >= 0.6 is 12.4 Å². The molecule has 0 bridgehead atoms. The van der Waals surface area contributed by atoms with E-state index in [1.165, 1.54) is 18.2 Å². The van der Waals surface area contributed by atoms with Crippen LogP contribution in [0.2, 0.25) is 0 Å². The van der Waals surface area contributed by atoms with Crippen molar-refractivity contribution in [2.75, 3.05) is 0 Å². The van der Waals surface area contributed by atoms with Crippen LogP contribution in [-0.2, 0) is 4.79 Å². The largest absolute Gasteiger partial charge is 0.481 e. The summed E-state index contributed by atoms with van der Waals surface area (Å²) < 4.78 is 0. The number of non-ortho nitro benzene ring substituents is 1. The first-order chi connectivity index (χ1) is 10.3. The monoisotopic (exact) mass is 345 g/mol. The number of carbonyl (C=O) groups excluding carboxylic acids is 1. The lowest BCUT2D eigenvalue weighted by Gasteiger charge is -2.22. The van der Waals surface area contributed by atoms with Crippen LogP contribution in [0.15, 0.2) is 24.3 Å². The van der Waals surface area contributed by atoms with Crippen molar-refractivity contribution in [2.45, 2.75) is 31.7 Å². The zero-order chi connectivity index (χ0) is 16.7. The van der Waals surface area contributed by atoms with Gasteiger partial charge in [-0.05, 0) is 31.7 Å². The van der Waals surface area contributed by atoms with Crippen LogP contribution < -0.4 is 11.5 Å². The molecule has 0 radical (unpaired) electrons. The molecule has 9 heteroatoms. The quantitative estimate of drug-likeness (QED) is 0.560. The Morgan fingerprint density at radius 2 is 1.78 bits per heavy atom. The minimum Gasteiger partial charge on any atom is -0.481 e. The maximum Gasteiger partial charge on any atom is 0.306 e. The fraction of sp³-hybridized carbons (Fsp3) is 0.429. The number of carboxylic acid groups (broad SMARTS) is 1. The third-order valence-electron chi connectivity index (χ3n) is 3.46. The number of nitrogens with zero attached hydrogens (tertiary/aromatic N) is 1. The van der Waals surface area contributed by atoms with Crippen LogP contribution in [0, 0.1) is 16.0 Å². The van der Waals surface area contributed by atoms with Gasteiger partial charge in [0, 0.05) is 23.7 Å². The summed E-state index contributed by atoms with van der Waals surface area (Å²) >= 11 is 0. The highest BCUT2D eigenvalue weighted by molar-refractivity contribution is 5.93. The smallest absolute Gasteiger partial charge is 0.306 e. The van der Waals surface area contributed by atoms with Crippen LogP contribution in [0.3, 0.4) is 0 Å². The number of halogens is 1. The van der Waals surface area contributed by atoms with Crippen LogP contribution in [0.25, 0.3) is 0 Å². The van der Waals surface area contributed by atoms with Crippen LogP contribution in [0.1, 0.15) is 36.0 Å². The van der Waals surface area contributed by atoms with Gasteiger partial charge < -0.3 is 16.6 Å². The predicted octanol–water partition coefficient (Wildman–Crippen LogP) is 1.70. The van der Waals surface area contributed by atoms with Crippen molar-refractivity contribution in [3.8, 4) is 0 Å². The molecule has 0 atom stereocenters. The van der Waals surface area contributed by atoms with Crippen molar-refractivity contribution in [3.05, 3.63) is 39.9 Å². The average Bonchev–Trinajstić information content (AvgIpc) is 2.48. The summed E-state index contributed by atoms with van der Waals surface area (Å²) in [7, 11) is 0. The summed E-state index contributed by atoms with van der Waals surface area (Å²) in [6.07, 6.45) is 3.26. The fourth-order valence-corrected chi connectivity index (χ4v) is 2.14. The number of benzene rings is 1. The molecule has 1 aliphatic carbocycles. The maximum absolute atomic E-state index is 10.6. The molecule has 1 saturated carbocycles. The molecule has 2 rings (SSSR count). The number of carbonyl (C=O) groups is 2.